The molecule has 0 amide bonds. The molecule has 2 N–H and O–H groups in total. The Balaban J connectivity index is 1.84. The van der Waals surface area contributed by atoms with Crippen LogP contribution in [-0.4, -0.2) is 10.1 Å². The fourth-order valence-electron chi connectivity index (χ4n) is 2.59. The minimum Gasteiger partial charge on any atom is -0.352 e. The first-order chi connectivity index (χ1) is 11.7. The number of nitrogens with one attached hydrogen (secondary N) is 2. The van der Waals surface area contributed by atoms with Gasteiger partial charge in [-0.1, -0.05) is 60.2 Å². The van der Waals surface area contributed by atoms with Crippen molar-refractivity contribution >= 4 is 23.0 Å². The molecular weight excluding hydrogens is 314 g/mol. The van der Waals surface area contributed by atoms with Crippen molar-refractivity contribution in [1.29, 1.82) is 0 Å². The molecule has 0 fully saturated rings. The van der Waals surface area contributed by atoms with Crippen molar-refractivity contribution in [3.05, 3.63) is 95.8 Å². The summed E-state index contributed by atoms with van der Waals surface area (Å²) in [5.74, 6) is 0. The van der Waals surface area contributed by atoms with Crippen LogP contribution < -0.4 is 10.6 Å². The summed E-state index contributed by atoms with van der Waals surface area (Å²) < 4.78 is 0. The van der Waals surface area contributed by atoms with Crippen molar-refractivity contribution in [2.75, 3.05) is 5.32 Å². The topological polar surface area (TPSA) is 37.0 Å². The summed E-state index contributed by atoms with van der Waals surface area (Å²) in [6.07, 6.45) is 3.49. The number of rotatable bonds is 4. The van der Waals surface area contributed by atoms with Gasteiger partial charge in [0.15, 0.2) is 5.11 Å². The van der Waals surface area contributed by atoms with E-state index in [0.29, 0.717) is 5.11 Å². The van der Waals surface area contributed by atoms with Gasteiger partial charge < -0.3 is 10.6 Å². The van der Waals surface area contributed by atoms with E-state index in [2.05, 4.69) is 58.9 Å². The fraction of sp³-hybridized carbons (Fsp3) is 0.100. The molecule has 3 nitrogen and oxygen atoms in total. The monoisotopic (exact) mass is 333 g/mol. The van der Waals surface area contributed by atoms with Crippen LogP contribution in [0.5, 0.6) is 0 Å². The number of anilines is 1. The summed E-state index contributed by atoms with van der Waals surface area (Å²) in [7, 11) is 0. The normalized spacial score (nSPS) is 11.5. The molecule has 24 heavy (non-hydrogen) atoms. The van der Waals surface area contributed by atoms with Crippen LogP contribution in [0.3, 0.4) is 0 Å². The van der Waals surface area contributed by atoms with Crippen LogP contribution in [0.15, 0.2) is 79.1 Å². The third-order valence-corrected chi connectivity index (χ3v) is 3.92. The Hall–Kier alpha value is -2.72. The van der Waals surface area contributed by atoms with Gasteiger partial charge >= 0.3 is 0 Å². The third kappa shape index (κ3) is 4.18. The smallest absolute Gasteiger partial charge is 0.171 e. The van der Waals surface area contributed by atoms with Crippen LogP contribution in [0, 0.1) is 6.92 Å². The van der Waals surface area contributed by atoms with Gasteiger partial charge in [-0.3, -0.25) is 4.98 Å². The maximum absolute atomic E-state index is 5.50. The molecule has 0 aliphatic rings. The van der Waals surface area contributed by atoms with Crippen molar-refractivity contribution in [2.24, 2.45) is 0 Å². The first-order valence-corrected chi connectivity index (χ1v) is 8.22. The molecule has 0 saturated carbocycles. The van der Waals surface area contributed by atoms with Crippen LogP contribution in [0.4, 0.5) is 5.69 Å². The van der Waals surface area contributed by atoms with Crippen LogP contribution in [0.2, 0.25) is 0 Å². The Bertz CT molecular complexity index is 803. The van der Waals surface area contributed by atoms with E-state index in [-0.39, 0.29) is 6.04 Å². The van der Waals surface area contributed by atoms with Crippen LogP contribution in [-0.2, 0) is 0 Å². The number of pyridine rings is 1. The maximum atomic E-state index is 5.50. The van der Waals surface area contributed by atoms with Crippen molar-refractivity contribution in [3.8, 4) is 0 Å². The van der Waals surface area contributed by atoms with Crippen molar-refractivity contribution in [1.82, 2.24) is 10.3 Å². The number of nitrogens with zero attached hydrogens (tertiary/aromatic N) is 1. The molecule has 1 unspecified atom stereocenters. The van der Waals surface area contributed by atoms with Gasteiger partial charge in [0.1, 0.15) is 0 Å². The lowest BCUT2D eigenvalue weighted by Gasteiger charge is -2.22. The van der Waals surface area contributed by atoms with E-state index < -0.39 is 0 Å². The van der Waals surface area contributed by atoms with Gasteiger partial charge in [-0.2, -0.15) is 0 Å². The molecule has 0 spiro atoms. The molecule has 0 aliphatic carbocycles. The number of benzene rings is 2. The molecule has 120 valence electrons. The highest BCUT2D eigenvalue weighted by atomic mass is 32.1. The highest BCUT2D eigenvalue weighted by Crippen LogP contribution is 2.23. The lowest BCUT2D eigenvalue weighted by Crippen LogP contribution is -2.33. The zero-order valence-corrected chi connectivity index (χ0v) is 14.3. The van der Waals surface area contributed by atoms with Gasteiger partial charge in [-0.15, -0.1) is 0 Å². The Morgan fingerprint density at radius 1 is 0.958 bits per heavy atom. The molecular formula is C20H19N3S. The second kappa shape index (κ2) is 7.70. The van der Waals surface area contributed by atoms with E-state index in [1.165, 1.54) is 16.7 Å². The summed E-state index contributed by atoms with van der Waals surface area (Å²) in [4.78, 5) is 4.09. The Morgan fingerprint density at radius 3 is 2.46 bits per heavy atom. The molecule has 2 aromatic carbocycles. The minimum absolute atomic E-state index is 0.0113. The first-order valence-electron chi connectivity index (χ1n) is 7.81. The molecule has 3 aromatic rings. The zero-order chi connectivity index (χ0) is 16.8. The summed E-state index contributed by atoms with van der Waals surface area (Å²) in [6.45, 7) is 2.10. The second-order valence-electron chi connectivity index (χ2n) is 5.60. The average Bonchev–Trinajstić information content (AvgIpc) is 2.61. The summed E-state index contributed by atoms with van der Waals surface area (Å²) in [5.41, 5.74) is 4.43. The average molecular weight is 333 g/mol. The Kier molecular flexibility index (Phi) is 5.18. The van der Waals surface area contributed by atoms with Crippen molar-refractivity contribution in [2.45, 2.75) is 13.0 Å². The molecule has 0 bridgehead atoms. The highest BCUT2D eigenvalue weighted by molar-refractivity contribution is 7.80. The standard InChI is InChI=1S/C20H19N3S/c1-15-7-5-10-17(13-15)19(16-8-3-2-4-9-16)23-20(24)22-18-11-6-12-21-14-18/h2-14,19H,1H3,(H2,22,23,24). The second-order valence-corrected chi connectivity index (χ2v) is 6.01. The van der Waals surface area contributed by atoms with Gasteiger partial charge in [-0.25, -0.2) is 0 Å². The number of hydrogen-bond acceptors (Lipinski definition) is 2. The quantitative estimate of drug-likeness (QED) is 0.691. The predicted octanol–water partition coefficient (Wildman–Crippen LogP) is 4.47. The van der Waals surface area contributed by atoms with Crippen LogP contribution in [0.1, 0.15) is 22.7 Å². The third-order valence-electron chi connectivity index (χ3n) is 3.70. The van der Waals surface area contributed by atoms with Gasteiger partial charge in [0.05, 0.1) is 17.9 Å². The maximum Gasteiger partial charge on any atom is 0.171 e. The van der Waals surface area contributed by atoms with E-state index in [4.69, 9.17) is 12.2 Å². The summed E-state index contributed by atoms with van der Waals surface area (Å²) >= 11 is 5.50. The van der Waals surface area contributed by atoms with E-state index >= 15 is 0 Å². The summed E-state index contributed by atoms with van der Waals surface area (Å²) in [5, 5.41) is 7.17. The van der Waals surface area contributed by atoms with E-state index in [1.54, 1.807) is 12.4 Å². The van der Waals surface area contributed by atoms with Crippen LogP contribution in [0.25, 0.3) is 0 Å². The molecule has 1 aromatic heterocycles. The van der Waals surface area contributed by atoms with E-state index in [0.717, 1.165) is 5.69 Å². The van der Waals surface area contributed by atoms with Gasteiger partial charge in [0.25, 0.3) is 0 Å². The number of thiocarbonyl (C=S) groups is 1. The van der Waals surface area contributed by atoms with Gasteiger partial charge in [0.2, 0.25) is 0 Å². The summed E-state index contributed by atoms with van der Waals surface area (Å²) in [6, 6.07) is 22.6. The molecule has 0 radical (unpaired) electrons. The van der Waals surface area contributed by atoms with E-state index in [1.807, 2.05) is 30.3 Å². The first kappa shape index (κ1) is 16.1. The fourth-order valence-corrected chi connectivity index (χ4v) is 2.82. The molecule has 0 aliphatic heterocycles. The number of aromatic nitrogens is 1. The largest absolute Gasteiger partial charge is 0.352 e. The van der Waals surface area contributed by atoms with Gasteiger partial charge in [-0.05, 0) is 42.4 Å². The minimum atomic E-state index is -0.0113. The number of hydrogen-bond donors (Lipinski definition) is 2. The number of aryl methyl sites for hydroxylation is 1. The Morgan fingerprint density at radius 2 is 1.75 bits per heavy atom. The molecule has 1 atom stereocenters. The van der Waals surface area contributed by atoms with E-state index in [9.17, 15) is 0 Å². The van der Waals surface area contributed by atoms with Gasteiger partial charge in [0, 0.05) is 6.20 Å². The van der Waals surface area contributed by atoms with Crippen LogP contribution >= 0.6 is 12.2 Å². The predicted molar refractivity (Wildman–Crippen MR) is 103 cm³/mol. The van der Waals surface area contributed by atoms with Crippen molar-refractivity contribution in [3.63, 3.8) is 0 Å². The lowest BCUT2D eigenvalue weighted by molar-refractivity contribution is 0.767. The zero-order valence-electron chi connectivity index (χ0n) is 13.4. The molecule has 1 heterocycles. The Labute approximate surface area is 147 Å². The van der Waals surface area contributed by atoms with Crippen molar-refractivity contribution < 1.29 is 0 Å². The highest BCUT2D eigenvalue weighted by Gasteiger charge is 2.15. The molecule has 4 heteroatoms. The molecule has 3 rings (SSSR count). The SMILES string of the molecule is Cc1cccc(C(NC(=S)Nc2cccnc2)c2ccccc2)c1. The molecule has 0 saturated heterocycles. The lowest BCUT2D eigenvalue weighted by atomic mass is 9.97.